The van der Waals surface area contributed by atoms with Crippen molar-refractivity contribution in [2.45, 2.75) is 6.54 Å². The molecule has 0 radical (unpaired) electrons. The van der Waals surface area contributed by atoms with E-state index in [9.17, 15) is 9.18 Å². The smallest absolute Gasteiger partial charge is 0.254 e. The lowest BCUT2D eigenvalue weighted by molar-refractivity contribution is 0.0947. The second-order valence-electron chi connectivity index (χ2n) is 3.27. The third kappa shape index (κ3) is 2.79. The predicted molar refractivity (Wildman–Crippen MR) is 61.3 cm³/mol. The van der Waals surface area contributed by atoms with Gasteiger partial charge in [-0.25, -0.2) is 9.37 Å². The Bertz CT molecular complexity index is 528. The van der Waals surface area contributed by atoms with Crippen LogP contribution in [0.2, 0.25) is 0 Å². The summed E-state index contributed by atoms with van der Waals surface area (Å²) in [5.74, 6) is -1.49. The van der Waals surface area contributed by atoms with E-state index in [2.05, 4.69) is 10.3 Å². The fourth-order valence-corrected chi connectivity index (χ4v) is 1.84. The number of thiazole rings is 1. The predicted octanol–water partition coefficient (Wildman–Crippen LogP) is 1.92. The van der Waals surface area contributed by atoms with Crippen molar-refractivity contribution in [3.63, 3.8) is 0 Å². The third-order valence-corrected chi connectivity index (χ3v) is 2.86. The van der Waals surface area contributed by atoms with Gasteiger partial charge in [-0.1, -0.05) is 0 Å². The maximum Gasteiger partial charge on any atom is 0.254 e. The van der Waals surface area contributed by atoms with Crippen LogP contribution >= 0.6 is 11.3 Å². The van der Waals surface area contributed by atoms with Gasteiger partial charge in [-0.3, -0.25) is 4.79 Å². The van der Waals surface area contributed by atoms with Gasteiger partial charge in [0.25, 0.3) is 5.91 Å². The molecule has 4 nitrogen and oxygen atoms in total. The molecule has 0 bridgehead atoms. The van der Waals surface area contributed by atoms with Crippen LogP contribution in [0.5, 0.6) is 5.75 Å². The van der Waals surface area contributed by atoms with Gasteiger partial charge in [0, 0.05) is 17.6 Å². The van der Waals surface area contributed by atoms with Crippen molar-refractivity contribution in [3.8, 4) is 5.75 Å². The van der Waals surface area contributed by atoms with E-state index in [0.717, 1.165) is 11.1 Å². The van der Waals surface area contributed by atoms with E-state index in [4.69, 9.17) is 5.11 Å². The summed E-state index contributed by atoms with van der Waals surface area (Å²) in [6.45, 7) is 0.261. The molecular formula is C11H9FN2O2S. The van der Waals surface area contributed by atoms with Crippen LogP contribution in [0.15, 0.2) is 29.8 Å². The summed E-state index contributed by atoms with van der Waals surface area (Å²) >= 11 is 1.41. The SMILES string of the molecule is O=C(NCc1nccs1)c1ccc(O)cc1F. The van der Waals surface area contributed by atoms with Crippen LogP contribution in [-0.4, -0.2) is 16.0 Å². The molecule has 0 spiro atoms. The maximum atomic E-state index is 13.3. The Kier molecular flexibility index (Phi) is 3.34. The Morgan fingerprint density at radius 1 is 1.53 bits per heavy atom. The van der Waals surface area contributed by atoms with Gasteiger partial charge in [0.15, 0.2) is 0 Å². The molecule has 17 heavy (non-hydrogen) atoms. The number of hydrogen-bond donors (Lipinski definition) is 2. The van der Waals surface area contributed by atoms with E-state index in [1.54, 1.807) is 11.6 Å². The molecule has 2 N–H and O–H groups in total. The maximum absolute atomic E-state index is 13.3. The van der Waals surface area contributed by atoms with E-state index in [0.29, 0.717) is 0 Å². The van der Waals surface area contributed by atoms with E-state index >= 15 is 0 Å². The highest BCUT2D eigenvalue weighted by Crippen LogP contribution is 2.15. The number of phenols is 1. The zero-order valence-electron chi connectivity index (χ0n) is 8.68. The molecule has 0 unspecified atom stereocenters. The molecule has 2 aromatic rings. The summed E-state index contributed by atoms with van der Waals surface area (Å²) in [6.07, 6.45) is 1.63. The number of nitrogens with zero attached hydrogens (tertiary/aromatic N) is 1. The molecule has 1 amide bonds. The number of aromatic nitrogens is 1. The fraction of sp³-hybridized carbons (Fsp3) is 0.0909. The Morgan fingerprint density at radius 3 is 3.00 bits per heavy atom. The lowest BCUT2D eigenvalue weighted by Crippen LogP contribution is -2.23. The van der Waals surface area contributed by atoms with Crippen LogP contribution in [-0.2, 0) is 6.54 Å². The Balaban J connectivity index is 2.04. The summed E-state index contributed by atoms with van der Waals surface area (Å²) in [5.41, 5.74) is -0.0978. The standard InChI is InChI=1S/C11H9FN2O2S/c12-9-5-7(15)1-2-8(9)11(16)14-6-10-13-3-4-17-10/h1-5,15H,6H2,(H,14,16). The molecule has 6 heteroatoms. The highest BCUT2D eigenvalue weighted by molar-refractivity contribution is 7.09. The van der Waals surface area contributed by atoms with E-state index in [1.807, 2.05) is 0 Å². The van der Waals surface area contributed by atoms with Crippen molar-refractivity contribution in [3.05, 3.63) is 46.2 Å². The first-order chi connectivity index (χ1) is 8.16. The molecule has 1 aromatic heterocycles. The number of phenolic OH excluding ortho intramolecular Hbond substituents is 1. The van der Waals surface area contributed by atoms with Crippen molar-refractivity contribution < 1.29 is 14.3 Å². The lowest BCUT2D eigenvalue weighted by atomic mass is 10.2. The van der Waals surface area contributed by atoms with Crippen LogP contribution < -0.4 is 5.32 Å². The van der Waals surface area contributed by atoms with Gasteiger partial charge in [-0.15, -0.1) is 11.3 Å². The number of carbonyl (C=O) groups excluding carboxylic acids is 1. The number of rotatable bonds is 3. The van der Waals surface area contributed by atoms with Crippen molar-refractivity contribution in [2.75, 3.05) is 0 Å². The van der Waals surface area contributed by atoms with Gasteiger partial charge >= 0.3 is 0 Å². The summed E-state index contributed by atoms with van der Waals surface area (Å²) in [7, 11) is 0. The van der Waals surface area contributed by atoms with Crippen LogP contribution in [0.3, 0.4) is 0 Å². The molecule has 0 saturated carbocycles. The van der Waals surface area contributed by atoms with Crippen molar-refractivity contribution >= 4 is 17.2 Å². The third-order valence-electron chi connectivity index (χ3n) is 2.08. The molecule has 0 atom stereocenters. The van der Waals surface area contributed by atoms with Crippen LogP contribution in [0.25, 0.3) is 0 Å². The molecule has 1 aromatic carbocycles. The first-order valence-electron chi connectivity index (χ1n) is 4.82. The summed E-state index contributed by atoms with van der Waals surface area (Å²) in [4.78, 5) is 15.6. The highest BCUT2D eigenvalue weighted by atomic mass is 32.1. The van der Waals surface area contributed by atoms with E-state index in [-0.39, 0.29) is 17.9 Å². The van der Waals surface area contributed by atoms with Crippen LogP contribution in [0.1, 0.15) is 15.4 Å². The summed E-state index contributed by atoms with van der Waals surface area (Å²) in [6, 6.07) is 3.40. The van der Waals surface area contributed by atoms with Gasteiger partial charge in [0.2, 0.25) is 0 Å². The molecule has 1 heterocycles. The molecule has 2 rings (SSSR count). The molecule has 0 aliphatic heterocycles. The average molecular weight is 252 g/mol. The number of benzene rings is 1. The molecular weight excluding hydrogens is 243 g/mol. The largest absolute Gasteiger partial charge is 0.508 e. The molecule has 88 valence electrons. The Labute approximate surface area is 101 Å². The Hall–Kier alpha value is -1.95. The monoisotopic (exact) mass is 252 g/mol. The van der Waals surface area contributed by atoms with Gasteiger partial charge in [0.05, 0.1) is 12.1 Å². The van der Waals surface area contributed by atoms with Gasteiger partial charge in [0.1, 0.15) is 16.6 Å². The minimum atomic E-state index is -0.748. The van der Waals surface area contributed by atoms with Gasteiger partial charge in [-0.2, -0.15) is 0 Å². The quantitative estimate of drug-likeness (QED) is 0.877. The van der Waals surface area contributed by atoms with Crippen molar-refractivity contribution in [1.29, 1.82) is 0 Å². The highest BCUT2D eigenvalue weighted by Gasteiger charge is 2.12. The number of aromatic hydroxyl groups is 1. The first-order valence-corrected chi connectivity index (χ1v) is 5.70. The first kappa shape index (κ1) is 11.5. The second-order valence-corrected chi connectivity index (χ2v) is 4.25. The van der Waals surface area contributed by atoms with Crippen LogP contribution in [0.4, 0.5) is 4.39 Å². The van der Waals surface area contributed by atoms with E-state index < -0.39 is 11.7 Å². The normalized spacial score (nSPS) is 10.2. The summed E-state index contributed by atoms with van der Waals surface area (Å²) < 4.78 is 13.3. The topological polar surface area (TPSA) is 62.2 Å². The van der Waals surface area contributed by atoms with Gasteiger partial charge < -0.3 is 10.4 Å². The van der Waals surface area contributed by atoms with Crippen molar-refractivity contribution in [2.24, 2.45) is 0 Å². The number of carbonyl (C=O) groups is 1. The molecule has 0 aliphatic rings. The fourth-order valence-electron chi connectivity index (χ4n) is 1.28. The summed E-state index contributed by atoms with van der Waals surface area (Å²) in [5, 5.41) is 14.1. The van der Waals surface area contributed by atoms with Crippen LogP contribution in [0, 0.1) is 5.82 Å². The number of halogens is 1. The minimum Gasteiger partial charge on any atom is -0.508 e. The Morgan fingerprint density at radius 2 is 2.35 bits per heavy atom. The lowest BCUT2D eigenvalue weighted by Gasteiger charge is -2.04. The average Bonchev–Trinajstić information content (AvgIpc) is 2.78. The van der Waals surface area contributed by atoms with Crippen molar-refractivity contribution in [1.82, 2.24) is 10.3 Å². The van der Waals surface area contributed by atoms with Gasteiger partial charge in [-0.05, 0) is 12.1 Å². The second kappa shape index (κ2) is 4.92. The number of amides is 1. The zero-order valence-corrected chi connectivity index (χ0v) is 9.50. The molecule has 0 aliphatic carbocycles. The molecule has 0 fully saturated rings. The van der Waals surface area contributed by atoms with E-state index in [1.165, 1.54) is 23.5 Å². The minimum absolute atomic E-state index is 0.0978. The number of hydrogen-bond acceptors (Lipinski definition) is 4. The molecule has 0 saturated heterocycles. The number of nitrogens with one attached hydrogen (secondary N) is 1. The zero-order chi connectivity index (χ0) is 12.3.